The molecular formula is C5H7F4. The number of hydrogen-bond donors (Lipinski definition) is 0. The lowest BCUT2D eigenvalue weighted by molar-refractivity contribution is -0.0759. The number of rotatable bonds is 2. The molecule has 0 saturated heterocycles. The highest BCUT2D eigenvalue weighted by atomic mass is 19.3. The largest absolute Gasteiger partial charge is 0.278 e. The minimum atomic E-state index is -3.62. The Morgan fingerprint density at radius 3 is 1.67 bits per heavy atom. The van der Waals surface area contributed by atoms with E-state index in [9.17, 15) is 17.6 Å². The third-order valence-electron chi connectivity index (χ3n) is 0.802. The zero-order valence-electron chi connectivity index (χ0n) is 4.87. The Kier molecular flexibility index (Phi) is 2.46. The van der Waals surface area contributed by atoms with Crippen LogP contribution in [-0.4, -0.2) is 18.3 Å². The van der Waals surface area contributed by atoms with Gasteiger partial charge >= 0.3 is 0 Å². The summed E-state index contributed by atoms with van der Waals surface area (Å²) in [5.74, 6) is -3.62. The molecule has 1 radical (unpaired) electrons. The molecule has 0 rings (SSSR count). The molecule has 9 heavy (non-hydrogen) atoms. The fourth-order valence-electron chi connectivity index (χ4n) is 0.318. The number of halogens is 4. The van der Waals surface area contributed by atoms with Gasteiger partial charge in [-0.15, -0.1) is 0 Å². The van der Waals surface area contributed by atoms with Gasteiger partial charge in [-0.2, -0.15) is 0 Å². The van der Waals surface area contributed by atoms with Crippen molar-refractivity contribution in [2.45, 2.75) is 25.2 Å². The second kappa shape index (κ2) is 2.54. The zero-order chi connectivity index (χ0) is 7.65. The van der Waals surface area contributed by atoms with Crippen LogP contribution >= 0.6 is 0 Å². The molecule has 0 spiro atoms. The molecular weight excluding hydrogens is 136 g/mol. The van der Waals surface area contributed by atoms with Crippen molar-refractivity contribution in [2.75, 3.05) is 0 Å². The lowest BCUT2D eigenvalue weighted by atomic mass is 10.2. The third-order valence-corrected chi connectivity index (χ3v) is 0.802. The average Bonchev–Trinajstić information content (AvgIpc) is 1.62. The average molecular weight is 143 g/mol. The first-order valence-electron chi connectivity index (χ1n) is 2.34. The van der Waals surface area contributed by atoms with Gasteiger partial charge in [0, 0.05) is 6.92 Å². The van der Waals surface area contributed by atoms with E-state index in [1.165, 1.54) is 0 Å². The maximum absolute atomic E-state index is 11.8. The summed E-state index contributed by atoms with van der Waals surface area (Å²) in [5, 5.41) is 0. The van der Waals surface area contributed by atoms with Crippen LogP contribution in [0, 0.1) is 6.92 Å². The van der Waals surface area contributed by atoms with Gasteiger partial charge in [0.05, 0.1) is 0 Å². The zero-order valence-corrected chi connectivity index (χ0v) is 4.87. The van der Waals surface area contributed by atoms with E-state index in [4.69, 9.17) is 0 Å². The van der Waals surface area contributed by atoms with Crippen molar-refractivity contribution in [3.05, 3.63) is 6.92 Å². The first-order chi connectivity index (χ1) is 3.85. The topological polar surface area (TPSA) is 0 Å². The summed E-state index contributed by atoms with van der Waals surface area (Å²) in [5.41, 5.74) is 0. The Labute approximate surface area is 50.9 Å². The highest BCUT2D eigenvalue weighted by Crippen LogP contribution is 2.23. The molecule has 0 heterocycles. The van der Waals surface area contributed by atoms with Gasteiger partial charge < -0.3 is 0 Å². The van der Waals surface area contributed by atoms with Crippen LogP contribution in [0.25, 0.3) is 0 Å². The van der Waals surface area contributed by atoms with Crippen LogP contribution < -0.4 is 0 Å². The molecule has 4 heteroatoms. The third kappa shape index (κ3) is 2.67. The molecule has 0 aliphatic heterocycles. The Morgan fingerprint density at radius 1 is 1.33 bits per heavy atom. The molecule has 0 aromatic carbocycles. The molecule has 0 fully saturated rings. The van der Waals surface area contributed by atoms with Crippen LogP contribution in [0.2, 0.25) is 0 Å². The van der Waals surface area contributed by atoms with E-state index in [0.29, 0.717) is 6.92 Å². The predicted octanol–water partition coefficient (Wildman–Crippen LogP) is 2.15. The fourth-order valence-corrected chi connectivity index (χ4v) is 0.318. The molecule has 2 atom stereocenters. The Bertz CT molecular complexity index is 83.4. The van der Waals surface area contributed by atoms with Crippen molar-refractivity contribution in [1.29, 1.82) is 0 Å². The van der Waals surface area contributed by atoms with Crippen molar-refractivity contribution in [3.8, 4) is 0 Å². The van der Waals surface area contributed by atoms with Gasteiger partial charge in [-0.25, -0.2) is 17.6 Å². The summed E-state index contributed by atoms with van der Waals surface area (Å²) in [6, 6.07) is 0. The van der Waals surface area contributed by atoms with Crippen LogP contribution in [0.1, 0.15) is 6.92 Å². The van der Waals surface area contributed by atoms with Crippen LogP contribution in [0.15, 0.2) is 0 Å². The van der Waals surface area contributed by atoms with Crippen LogP contribution in [0.3, 0.4) is 0 Å². The summed E-state index contributed by atoms with van der Waals surface area (Å²) in [4.78, 5) is 0. The minimum Gasteiger partial charge on any atom is -0.244 e. The van der Waals surface area contributed by atoms with Gasteiger partial charge in [0.25, 0.3) is 5.92 Å². The van der Waals surface area contributed by atoms with Crippen molar-refractivity contribution in [2.24, 2.45) is 0 Å². The molecule has 0 aromatic rings. The van der Waals surface area contributed by atoms with Crippen LogP contribution in [-0.2, 0) is 0 Å². The maximum atomic E-state index is 11.8. The van der Waals surface area contributed by atoms with Gasteiger partial charge in [-0.05, 0) is 6.92 Å². The van der Waals surface area contributed by atoms with E-state index in [0.717, 1.165) is 0 Å². The molecule has 0 aliphatic rings. The predicted molar refractivity (Wildman–Crippen MR) is 25.8 cm³/mol. The molecule has 0 aliphatic carbocycles. The first kappa shape index (κ1) is 8.72. The summed E-state index contributed by atoms with van der Waals surface area (Å²) in [6.45, 7) is 2.80. The summed E-state index contributed by atoms with van der Waals surface area (Å²) in [7, 11) is 0. The highest BCUT2D eigenvalue weighted by molar-refractivity contribution is 4.80. The fraction of sp³-hybridized carbons (Fsp3) is 0.800. The molecule has 55 valence electrons. The Balaban J connectivity index is 3.88. The first-order valence-corrected chi connectivity index (χ1v) is 2.34. The summed E-state index contributed by atoms with van der Waals surface area (Å²) >= 11 is 0. The number of alkyl halides is 4. The van der Waals surface area contributed by atoms with E-state index in [1.807, 2.05) is 0 Å². The van der Waals surface area contributed by atoms with Gasteiger partial charge in [0.1, 0.15) is 6.17 Å². The molecule has 2 unspecified atom stereocenters. The molecule has 0 saturated carbocycles. The SMILES string of the molecule is [CH2]C(F)C(F)C(C)(F)F. The standard InChI is InChI=1S/C5H7F4/c1-3(6)4(7)5(2,8)9/h3-4H,1H2,2H3. The van der Waals surface area contributed by atoms with Gasteiger partial charge in [-0.3, -0.25) is 0 Å². The van der Waals surface area contributed by atoms with Crippen molar-refractivity contribution in [1.82, 2.24) is 0 Å². The van der Waals surface area contributed by atoms with E-state index < -0.39 is 18.3 Å². The molecule has 0 aromatic heterocycles. The number of hydrogen-bond acceptors (Lipinski definition) is 0. The summed E-state index contributed by atoms with van der Waals surface area (Å²) in [6.07, 6.45) is -5.15. The monoisotopic (exact) mass is 143 g/mol. The summed E-state index contributed by atoms with van der Waals surface area (Å²) < 4.78 is 46.9. The second-order valence-corrected chi connectivity index (χ2v) is 1.87. The maximum Gasteiger partial charge on any atom is 0.278 e. The van der Waals surface area contributed by atoms with E-state index >= 15 is 0 Å². The smallest absolute Gasteiger partial charge is 0.244 e. The van der Waals surface area contributed by atoms with E-state index in [2.05, 4.69) is 6.92 Å². The Morgan fingerprint density at radius 2 is 1.67 bits per heavy atom. The van der Waals surface area contributed by atoms with Gasteiger partial charge in [0.15, 0.2) is 6.17 Å². The molecule has 0 bridgehead atoms. The van der Waals surface area contributed by atoms with E-state index in [-0.39, 0.29) is 0 Å². The Hall–Kier alpha value is -0.280. The van der Waals surface area contributed by atoms with Gasteiger partial charge in [0.2, 0.25) is 0 Å². The van der Waals surface area contributed by atoms with Crippen molar-refractivity contribution in [3.63, 3.8) is 0 Å². The van der Waals surface area contributed by atoms with Crippen LogP contribution in [0.4, 0.5) is 17.6 Å². The molecule has 0 nitrogen and oxygen atoms in total. The van der Waals surface area contributed by atoms with Crippen molar-refractivity contribution < 1.29 is 17.6 Å². The van der Waals surface area contributed by atoms with Gasteiger partial charge in [-0.1, -0.05) is 0 Å². The van der Waals surface area contributed by atoms with E-state index in [1.54, 1.807) is 0 Å². The highest BCUT2D eigenvalue weighted by Gasteiger charge is 2.38. The molecule has 0 amide bonds. The van der Waals surface area contributed by atoms with Crippen molar-refractivity contribution >= 4 is 0 Å². The lowest BCUT2D eigenvalue weighted by Gasteiger charge is -2.15. The quantitative estimate of drug-likeness (QED) is 0.519. The minimum absolute atomic E-state index is 0.315. The molecule has 0 N–H and O–H groups in total. The second-order valence-electron chi connectivity index (χ2n) is 1.87. The normalized spacial score (nSPS) is 19.3. The van der Waals surface area contributed by atoms with Crippen LogP contribution in [0.5, 0.6) is 0 Å². The lowest BCUT2D eigenvalue weighted by Crippen LogP contribution is -2.32.